The first-order valence-corrected chi connectivity index (χ1v) is 4.55. The average molecular weight is 162 g/mol. The summed E-state index contributed by atoms with van der Waals surface area (Å²) in [5.41, 5.74) is 0. The molecule has 3 heteroatoms. The summed E-state index contributed by atoms with van der Waals surface area (Å²) in [5, 5.41) is 18.8. The minimum Gasteiger partial charge on any atom is -0.395 e. The molecule has 1 aliphatic heterocycles. The van der Waals surface area contributed by atoms with Crippen LogP contribution < -0.4 is 0 Å². The van der Waals surface area contributed by atoms with Crippen molar-refractivity contribution < 1.29 is 10.2 Å². The molecule has 4 atom stereocenters. The zero-order chi connectivity index (χ0) is 7.72. The Labute approximate surface area is 65.6 Å². The molecule has 1 aliphatic rings. The van der Waals surface area contributed by atoms with Gasteiger partial charge in [0.2, 0.25) is 0 Å². The monoisotopic (exact) mass is 162 g/mol. The van der Waals surface area contributed by atoms with E-state index in [1.165, 1.54) is 0 Å². The van der Waals surface area contributed by atoms with Gasteiger partial charge in [-0.3, -0.25) is 0 Å². The number of aliphatic hydroxyl groups is 2. The lowest BCUT2D eigenvalue weighted by Crippen LogP contribution is -2.24. The van der Waals surface area contributed by atoms with Crippen molar-refractivity contribution in [1.29, 1.82) is 0 Å². The molecule has 60 valence electrons. The van der Waals surface area contributed by atoms with Crippen LogP contribution in [0.2, 0.25) is 0 Å². The molecule has 1 rings (SSSR count). The quantitative estimate of drug-likeness (QED) is 0.589. The van der Waals surface area contributed by atoms with Gasteiger partial charge in [-0.25, -0.2) is 0 Å². The van der Waals surface area contributed by atoms with Crippen LogP contribution in [0, 0.1) is 5.92 Å². The molecule has 1 heterocycles. The smallest absolute Gasteiger partial charge is 0.0693 e. The summed E-state index contributed by atoms with van der Waals surface area (Å²) in [7, 11) is 0. The van der Waals surface area contributed by atoms with Crippen molar-refractivity contribution in [3.63, 3.8) is 0 Å². The first kappa shape index (κ1) is 8.37. The third-order valence-corrected chi connectivity index (χ3v) is 3.81. The highest BCUT2D eigenvalue weighted by Crippen LogP contribution is 2.37. The summed E-state index contributed by atoms with van der Waals surface area (Å²) in [4.78, 5) is 0. The van der Waals surface area contributed by atoms with Gasteiger partial charge < -0.3 is 10.2 Å². The Bertz CT molecular complexity index is 118. The van der Waals surface area contributed by atoms with E-state index in [1.807, 2.05) is 13.8 Å². The van der Waals surface area contributed by atoms with Crippen LogP contribution in [0.25, 0.3) is 0 Å². The lowest BCUT2D eigenvalue weighted by molar-refractivity contribution is 0.117. The number of aliphatic hydroxyl groups excluding tert-OH is 2. The van der Waals surface area contributed by atoms with Gasteiger partial charge in [0.1, 0.15) is 0 Å². The molecule has 0 saturated carbocycles. The second-order valence-corrected chi connectivity index (χ2v) is 4.53. The average Bonchev–Trinajstić information content (AvgIpc) is 2.17. The van der Waals surface area contributed by atoms with Crippen LogP contribution in [0.4, 0.5) is 0 Å². The maximum atomic E-state index is 9.44. The van der Waals surface area contributed by atoms with E-state index in [0.29, 0.717) is 0 Å². The highest BCUT2D eigenvalue weighted by atomic mass is 32.2. The van der Waals surface area contributed by atoms with Gasteiger partial charge in [0.15, 0.2) is 0 Å². The largest absolute Gasteiger partial charge is 0.395 e. The Morgan fingerprint density at radius 1 is 1.40 bits per heavy atom. The standard InChI is InChI=1S/C7H14O2S/c1-4-6(3-8)10-5(2)7(4)9/h4-9H,3H2,1-2H3/t4-,5+,6-,7-/m1/s1. The number of rotatable bonds is 1. The van der Waals surface area contributed by atoms with Gasteiger partial charge in [-0.1, -0.05) is 13.8 Å². The van der Waals surface area contributed by atoms with E-state index in [1.54, 1.807) is 11.8 Å². The van der Waals surface area contributed by atoms with E-state index in [0.717, 1.165) is 0 Å². The fourth-order valence-electron chi connectivity index (χ4n) is 1.34. The Balaban J connectivity index is 2.53. The summed E-state index contributed by atoms with van der Waals surface area (Å²) in [5.74, 6) is 0.241. The minimum atomic E-state index is -0.234. The predicted molar refractivity (Wildman–Crippen MR) is 43.1 cm³/mol. The van der Waals surface area contributed by atoms with Crippen LogP contribution in [-0.2, 0) is 0 Å². The fourth-order valence-corrected chi connectivity index (χ4v) is 2.79. The summed E-state index contributed by atoms with van der Waals surface area (Å²) in [6.45, 7) is 4.18. The second kappa shape index (κ2) is 3.11. The van der Waals surface area contributed by atoms with Gasteiger partial charge in [-0.15, -0.1) is 11.8 Å². The van der Waals surface area contributed by atoms with Crippen molar-refractivity contribution >= 4 is 11.8 Å². The Hall–Kier alpha value is 0.270. The fraction of sp³-hybridized carbons (Fsp3) is 1.00. The van der Waals surface area contributed by atoms with Crippen LogP contribution in [0.1, 0.15) is 13.8 Å². The molecule has 0 bridgehead atoms. The maximum Gasteiger partial charge on any atom is 0.0693 e. The molecular weight excluding hydrogens is 148 g/mol. The molecular formula is C7H14O2S. The lowest BCUT2D eigenvalue weighted by atomic mass is 10.00. The summed E-state index contributed by atoms with van der Waals surface area (Å²) >= 11 is 1.68. The zero-order valence-electron chi connectivity index (χ0n) is 6.32. The maximum absolute atomic E-state index is 9.44. The molecule has 1 saturated heterocycles. The van der Waals surface area contributed by atoms with E-state index in [2.05, 4.69) is 0 Å². The molecule has 0 aromatic rings. The van der Waals surface area contributed by atoms with Gasteiger partial charge >= 0.3 is 0 Å². The first-order valence-electron chi connectivity index (χ1n) is 3.61. The van der Waals surface area contributed by atoms with E-state index in [9.17, 15) is 5.11 Å². The summed E-state index contributed by atoms with van der Waals surface area (Å²) in [6, 6.07) is 0. The van der Waals surface area contributed by atoms with Crippen LogP contribution in [-0.4, -0.2) is 33.4 Å². The van der Waals surface area contributed by atoms with Crippen molar-refractivity contribution in [2.24, 2.45) is 5.92 Å². The van der Waals surface area contributed by atoms with Crippen molar-refractivity contribution in [3.8, 4) is 0 Å². The number of thioether (sulfide) groups is 1. The third kappa shape index (κ3) is 1.31. The van der Waals surface area contributed by atoms with Crippen molar-refractivity contribution in [1.82, 2.24) is 0 Å². The van der Waals surface area contributed by atoms with Gasteiger partial charge in [0.05, 0.1) is 12.7 Å². The molecule has 2 nitrogen and oxygen atoms in total. The first-order chi connectivity index (χ1) is 4.66. The van der Waals surface area contributed by atoms with Gasteiger partial charge in [-0.05, 0) is 5.92 Å². The second-order valence-electron chi connectivity index (χ2n) is 2.91. The van der Waals surface area contributed by atoms with E-state index < -0.39 is 0 Å². The summed E-state index contributed by atoms with van der Waals surface area (Å²) in [6.07, 6.45) is -0.234. The van der Waals surface area contributed by atoms with Crippen molar-refractivity contribution in [3.05, 3.63) is 0 Å². The zero-order valence-corrected chi connectivity index (χ0v) is 7.14. The molecule has 0 amide bonds. The molecule has 1 fully saturated rings. The molecule has 0 spiro atoms. The highest BCUT2D eigenvalue weighted by Gasteiger charge is 2.36. The van der Waals surface area contributed by atoms with Crippen molar-refractivity contribution in [2.75, 3.05) is 6.61 Å². The normalized spacial score (nSPS) is 48.0. The van der Waals surface area contributed by atoms with Gasteiger partial charge in [0.25, 0.3) is 0 Å². The van der Waals surface area contributed by atoms with Gasteiger partial charge in [0, 0.05) is 10.5 Å². The van der Waals surface area contributed by atoms with Crippen LogP contribution >= 0.6 is 11.8 Å². The lowest BCUT2D eigenvalue weighted by Gasteiger charge is -2.13. The van der Waals surface area contributed by atoms with Crippen LogP contribution in [0.3, 0.4) is 0 Å². The molecule has 10 heavy (non-hydrogen) atoms. The molecule has 0 aromatic carbocycles. The van der Waals surface area contributed by atoms with Crippen LogP contribution in [0.5, 0.6) is 0 Å². The number of hydrogen-bond donors (Lipinski definition) is 2. The van der Waals surface area contributed by atoms with Crippen LogP contribution in [0.15, 0.2) is 0 Å². The SMILES string of the molecule is C[C@H]1[C@@H](O)[C@H](C)S[C@@H]1CO. The Morgan fingerprint density at radius 2 is 2.00 bits per heavy atom. The van der Waals surface area contributed by atoms with Crippen molar-refractivity contribution in [2.45, 2.75) is 30.5 Å². The topological polar surface area (TPSA) is 40.5 Å². The van der Waals surface area contributed by atoms with E-state index in [-0.39, 0.29) is 29.1 Å². The van der Waals surface area contributed by atoms with E-state index in [4.69, 9.17) is 5.11 Å². The highest BCUT2D eigenvalue weighted by molar-refractivity contribution is 8.00. The Morgan fingerprint density at radius 3 is 2.20 bits per heavy atom. The Kier molecular flexibility index (Phi) is 2.61. The number of hydrogen-bond acceptors (Lipinski definition) is 3. The summed E-state index contributed by atoms with van der Waals surface area (Å²) < 4.78 is 0. The van der Waals surface area contributed by atoms with E-state index >= 15 is 0 Å². The predicted octanol–water partition coefficient (Wildman–Crippen LogP) is 0.480. The third-order valence-electron chi connectivity index (χ3n) is 2.18. The molecule has 0 aromatic heterocycles. The molecule has 2 N–H and O–H groups in total. The van der Waals surface area contributed by atoms with Gasteiger partial charge in [-0.2, -0.15) is 0 Å². The minimum absolute atomic E-state index is 0.188. The molecule has 0 aliphatic carbocycles. The molecule has 0 radical (unpaired) electrons. The molecule has 0 unspecified atom stereocenters.